The first-order valence-corrected chi connectivity index (χ1v) is 11.9. The van der Waals surface area contributed by atoms with Crippen molar-refractivity contribution in [3.8, 4) is 11.3 Å². The highest BCUT2D eigenvalue weighted by atomic mass is 35.5. The molecule has 1 atom stereocenters. The number of piperidine rings is 1. The van der Waals surface area contributed by atoms with E-state index in [9.17, 15) is 32.3 Å². The molecule has 0 saturated carbocycles. The van der Waals surface area contributed by atoms with Crippen LogP contribution in [0.4, 0.5) is 18.9 Å². The highest BCUT2D eigenvalue weighted by Gasteiger charge is 2.42. The van der Waals surface area contributed by atoms with E-state index in [2.05, 4.69) is 20.9 Å². The van der Waals surface area contributed by atoms with Crippen molar-refractivity contribution >= 4 is 40.9 Å². The van der Waals surface area contributed by atoms with E-state index in [4.69, 9.17) is 11.6 Å². The lowest BCUT2D eigenvalue weighted by molar-refractivity contribution is -0.149. The molecule has 1 saturated heterocycles. The Kier molecular flexibility index (Phi) is 6.68. The Morgan fingerprint density at radius 2 is 1.82 bits per heavy atom. The number of hydrogen-bond acceptors (Lipinski definition) is 7. The lowest BCUT2D eigenvalue weighted by Gasteiger charge is -2.28. The van der Waals surface area contributed by atoms with Crippen molar-refractivity contribution in [2.24, 2.45) is 0 Å². The van der Waals surface area contributed by atoms with Crippen LogP contribution in [0, 0.1) is 0 Å². The molecule has 0 radical (unpaired) electrons. The maximum absolute atomic E-state index is 12.9. The molecular formula is C25H18ClF3N6O4. The number of nitrogens with zero attached hydrogens (tertiary/aromatic N) is 4. The average Bonchev–Trinajstić information content (AvgIpc) is 3.43. The highest BCUT2D eigenvalue weighted by molar-refractivity contribution is 6.31. The van der Waals surface area contributed by atoms with Crippen molar-refractivity contribution < 1.29 is 32.3 Å². The van der Waals surface area contributed by atoms with Gasteiger partial charge in [0.15, 0.2) is 0 Å². The van der Waals surface area contributed by atoms with Gasteiger partial charge in [-0.3, -0.25) is 29.4 Å². The maximum atomic E-state index is 12.9. The van der Waals surface area contributed by atoms with Crippen LogP contribution in [0.3, 0.4) is 0 Å². The molecule has 2 aromatic carbocycles. The summed E-state index contributed by atoms with van der Waals surface area (Å²) >= 11 is 5.79. The van der Waals surface area contributed by atoms with Crippen molar-refractivity contribution in [2.75, 3.05) is 5.32 Å². The summed E-state index contributed by atoms with van der Waals surface area (Å²) in [7, 11) is 0. The minimum absolute atomic E-state index is 0.0152. The van der Waals surface area contributed by atoms with Crippen molar-refractivity contribution in [1.29, 1.82) is 0 Å². The van der Waals surface area contributed by atoms with E-state index in [0.29, 0.717) is 22.5 Å². The second-order valence-electron chi connectivity index (χ2n) is 8.85. The Labute approximate surface area is 223 Å². The molecule has 0 spiro atoms. The first kappa shape index (κ1) is 26.1. The average molecular weight is 559 g/mol. The Balaban J connectivity index is 1.23. The molecule has 39 heavy (non-hydrogen) atoms. The molecule has 200 valence electrons. The van der Waals surface area contributed by atoms with E-state index >= 15 is 0 Å². The molecule has 0 bridgehead atoms. The monoisotopic (exact) mass is 558 g/mol. The van der Waals surface area contributed by atoms with Gasteiger partial charge in [-0.25, -0.2) is 4.68 Å². The van der Waals surface area contributed by atoms with Crippen LogP contribution in [0.25, 0.3) is 11.3 Å². The number of aromatic nitrogens is 3. The molecule has 2 N–H and O–H groups in total. The van der Waals surface area contributed by atoms with E-state index in [-0.39, 0.29) is 25.1 Å². The fourth-order valence-electron chi connectivity index (χ4n) is 4.26. The van der Waals surface area contributed by atoms with Crippen LogP contribution in [-0.4, -0.2) is 49.6 Å². The minimum atomic E-state index is -4.54. The molecule has 10 nitrogen and oxygen atoms in total. The summed E-state index contributed by atoms with van der Waals surface area (Å²) in [6.45, 7) is 0.151. The number of carbonyl (C=O) groups is 4. The zero-order valence-corrected chi connectivity index (χ0v) is 20.6. The van der Waals surface area contributed by atoms with Gasteiger partial charge in [0.05, 0.1) is 23.3 Å². The third-order valence-corrected chi connectivity index (χ3v) is 6.47. The number of anilines is 1. The van der Waals surface area contributed by atoms with Gasteiger partial charge in [0.1, 0.15) is 17.4 Å². The number of rotatable bonds is 6. The molecule has 1 aromatic heterocycles. The maximum Gasteiger partial charge on any atom is 0.417 e. The van der Waals surface area contributed by atoms with Gasteiger partial charge in [0, 0.05) is 23.7 Å². The van der Waals surface area contributed by atoms with Crippen LogP contribution < -0.4 is 10.6 Å². The van der Waals surface area contributed by atoms with Gasteiger partial charge in [-0.15, -0.1) is 5.10 Å². The number of nitrogens with one attached hydrogen (secondary N) is 2. The largest absolute Gasteiger partial charge is 0.417 e. The summed E-state index contributed by atoms with van der Waals surface area (Å²) in [6, 6.07) is 9.12. The number of alkyl halides is 3. The van der Waals surface area contributed by atoms with Crippen LogP contribution in [-0.2, 0) is 31.9 Å². The summed E-state index contributed by atoms with van der Waals surface area (Å²) in [6.07, 6.45) is -1.74. The van der Waals surface area contributed by atoms with E-state index in [1.807, 2.05) is 0 Å². The van der Waals surface area contributed by atoms with Crippen LogP contribution in [0.2, 0.25) is 5.02 Å². The molecule has 3 heterocycles. The predicted octanol–water partition coefficient (Wildman–Crippen LogP) is 3.14. The SMILES string of the molecule is O=C1CCC(N2C(=O)C=C(Nc3ccc(-c4cn(Cc5ccc(C(F)(F)F)c(Cl)c5)nn4)cc3)C2=O)C(=O)N1. The topological polar surface area (TPSA) is 126 Å². The van der Waals surface area contributed by atoms with Crippen molar-refractivity contribution in [3.63, 3.8) is 0 Å². The molecule has 5 rings (SSSR count). The number of benzene rings is 2. The summed E-state index contributed by atoms with van der Waals surface area (Å²) in [4.78, 5) is 49.5. The van der Waals surface area contributed by atoms with E-state index in [1.54, 1.807) is 30.5 Å². The Bertz CT molecular complexity index is 1530. The molecule has 1 unspecified atom stereocenters. The normalized spacial score (nSPS) is 17.9. The predicted molar refractivity (Wildman–Crippen MR) is 131 cm³/mol. The van der Waals surface area contributed by atoms with Crippen LogP contribution in [0.5, 0.6) is 0 Å². The molecule has 4 amide bonds. The second-order valence-corrected chi connectivity index (χ2v) is 9.26. The van der Waals surface area contributed by atoms with Crippen LogP contribution in [0.1, 0.15) is 24.0 Å². The van der Waals surface area contributed by atoms with Crippen LogP contribution in [0.15, 0.2) is 60.4 Å². The number of halogens is 4. The highest BCUT2D eigenvalue weighted by Crippen LogP contribution is 2.35. The molecule has 1 fully saturated rings. The molecular weight excluding hydrogens is 541 g/mol. The fraction of sp³-hybridized carbons (Fsp3) is 0.200. The third kappa shape index (κ3) is 5.39. The summed E-state index contributed by atoms with van der Waals surface area (Å²) in [5, 5.41) is 12.7. The fourth-order valence-corrected chi connectivity index (χ4v) is 4.57. The smallest absolute Gasteiger partial charge is 0.351 e. The molecule has 2 aliphatic heterocycles. The first-order chi connectivity index (χ1) is 18.5. The molecule has 14 heteroatoms. The van der Waals surface area contributed by atoms with Gasteiger partial charge in [-0.05, 0) is 36.2 Å². The molecule has 3 aromatic rings. The summed E-state index contributed by atoms with van der Waals surface area (Å²) < 4.78 is 40.2. The summed E-state index contributed by atoms with van der Waals surface area (Å²) in [5.41, 5.74) is 1.24. The molecule has 2 aliphatic rings. The second kappa shape index (κ2) is 9.98. The minimum Gasteiger partial charge on any atom is -0.351 e. The van der Waals surface area contributed by atoms with Gasteiger partial charge in [0.25, 0.3) is 11.8 Å². The number of hydrogen-bond donors (Lipinski definition) is 2. The number of amides is 4. The zero-order valence-electron chi connectivity index (χ0n) is 19.8. The lowest BCUT2D eigenvalue weighted by atomic mass is 10.0. The van der Waals surface area contributed by atoms with Crippen molar-refractivity contribution in [3.05, 3.63) is 76.6 Å². The van der Waals surface area contributed by atoms with Gasteiger partial charge in [-0.2, -0.15) is 13.2 Å². The van der Waals surface area contributed by atoms with Gasteiger partial charge in [0.2, 0.25) is 11.8 Å². The third-order valence-electron chi connectivity index (χ3n) is 6.16. The van der Waals surface area contributed by atoms with Gasteiger partial charge < -0.3 is 5.32 Å². The summed E-state index contributed by atoms with van der Waals surface area (Å²) in [5.74, 6) is -2.48. The molecule has 0 aliphatic carbocycles. The van der Waals surface area contributed by atoms with Crippen molar-refractivity contribution in [1.82, 2.24) is 25.2 Å². The van der Waals surface area contributed by atoms with E-state index < -0.39 is 46.4 Å². The van der Waals surface area contributed by atoms with E-state index in [1.165, 1.54) is 16.8 Å². The number of imide groups is 2. The first-order valence-electron chi connectivity index (χ1n) is 11.6. The Morgan fingerprint density at radius 1 is 1.08 bits per heavy atom. The lowest BCUT2D eigenvalue weighted by Crippen LogP contribution is -2.54. The van der Waals surface area contributed by atoms with Gasteiger partial charge in [-0.1, -0.05) is 35.0 Å². The van der Waals surface area contributed by atoms with Crippen molar-refractivity contribution in [2.45, 2.75) is 31.6 Å². The zero-order chi connectivity index (χ0) is 27.9. The van der Waals surface area contributed by atoms with E-state index in [0.717, 1.165) is 17.0 Å². The number of carbonyl (C=O) groups excluding carboxylic acids is 4. The Morgan fingerprint density at radius 3 is 2.49 bits per heavy atom. The van der Waals surface area contributed by atoms with Gasteiger partial charge >= 0.3 is 6.18 Å². The Hall–Kier alpha value is -4.52. The quantitative estimate of drug-likeness (QED) is 0.445. The standard InChI is InChI=1S/C25H18ClF3N6O4/c26-17-9-13(1-6-16(17)25(27,28)29)11-34-12-19(32-33-34)14-2-4-15(5-3-14)30-18-10-22(37)35(24(18)39)20-7-8-21(36)31-23(20)38/h1-6,9-10,12,20,30H,7-8,11H2,(H,31,36,38). The van der Waals surface area contributed by atoms with Crippen LogP contribution >= 0.6 is 11.6 Å².